The lowest BCUT2D eigenvalue weighted by molar-refractivity contribution is -0.134. The fourth-order valence-corrected chi connectivity index (χ4v) is 6.15. The van der Waals surface area contributed by atoms with Crippen LogP contribution in [-0.4, -0.2) is 24.3 Å². The van der Waals surface area contributed by atoms with Gasteiger partial charge in [-0.25, -0.2) is 8.78 Å². The Hall–Kier alpha value is -2.51. The van der Waals surface area contributed by atoms with Gasteiger partial charge in [-0.15, -0.1) is 0 Å². The van der Waals surface area contributed by atoms with E-state index in [0.717, 1.165) is 49.1 Å². The first kappa shape index (κ1) is 20.8. The van der Waals surface area contributed by atoms with Crippen molar-refractivity contribution in [3.05, 3.63) is 35.4 Å². The van der Waals surface area contributed by atoms with Gasteiger partial charge in [0.1, 0.15) is 11.6 Å². The number of nitrogens with one attached hydrogen (secondary N) is 3. The van der Waals surface area contributed by atoms with E-state index in [1.54, 1.807) is 0 Å². The SMILES string of the molecule is O=C(CCNC(=O)c1ccc(F)cc1F)NNC(=O)CC12CC3CC(CC(C3)C1)C2. The number of rotatable bonds is 6. The molecule has 3 N–H and O–H groups in total. The summed E-state index contributed by atoms with van der Waals surface area (Å²) in [6.07, 6.45) is 7.65. The van der Waals surface area contributed by atoms with Gasteiger partial charge in [-0.3, -0.25) is 25.2 Å². The van der Waals surface area contributed by atoms with Crippen molar-refractivity contribution in [2.24, 2.45) is 23.2 Å². The number of hydrazine groups is 1. The minimum absolute atomic E-state index is 0.0354. The third-order valence-electron chi connectivity index (χ3n) is 6.86. The molecule has 0 spiro atoms. The zero-order valence-electron chi connectivity index (χ0n) is 16.8. The van der Waals surface area contributed by atoms with Crippen LogP contribution in [0.15, 0.2) is 18.2 Å². The van der Waals surface area contributed by atoms with Gasteiger partial charge < -0.3 is 5.32 Å². The number of carbonyl (C=O) groups excluding carboxylic acids is 3. The molecule has 3 amide bonds. The molecule has 0 aliphatic heterocycles. The summed E-state index contributed by atoms with van der Waals surface area (Å²) in [5, 5.41) is 2.41. The van der Waals surface area contributed by atoms with Gasteiger partial charge in [-0.2, -0.15) is 0 Å². The Balaban J connectivity index is 1.17. The molecule has 0 radical (unpaired) electrons. The van der Waals surface area contributed by atoms with E-state index < -0.39 is 23.4 Å². The number of hydrogen-bond acceptors (Lipinski definition) is 3. The monoisotopic (exact) mass is 419 g/mol. The fraction of sp³-hybridized carbons (Fsp3) is 0.591. The molecular weight excluding hydrogens is 392 g/mol. The summed E-state index contributed by atoms with van der Waals surface area (Å²) in [6, 6.07) is 2.66. The lowest BCUT2D eigenvalue weighted by atomic mass is 9.49. The summed E-state index contributed by atoms with van der Waals surface area (Å²) in [7, 11) is 0. The molecule has 8 heteroatoms. The molecule has 1 aromatic carbocycles. The van der Waals surface area contributed by atoms with E-state index in [0.29, 0.717) is 12.5 Å². The standard InChI is InChI=1S/C22H27F2N3O3/c23-16-1-2-17(18(24)8-16)21(30)25-4-3-19(28)26-27-20(29)12-22-9-13-5-14(10-22)7-15(6-13)11-22/h1-2,8,13-15H,3-7,9-12H2,(H,25,30)(H,26,28)(H,27,29). The van der Waals surface area contributed by atoms with E-state index >= 15 is 0 Å². The first-order valence-electron chi connectivity index (χ1n) is 10.6. The predicted octanol–water partition coefficient (Wildman–Crippen LogP) is 2.84. The Labute approximate surface area is 174 Å². The quantitative estimate of drug-likeness (QED) is 0.620. The lowest BCUT2D eigenvalue weighted by Gasteiger charge is -2.56. The maximum Gasteiger partial charge on any atom is 0.254 e. The average molecular weight is 419 g/mol. The summed E-state index contributed by atoms with van der Waals surface area (Å²) in [5.41, 5.74) is 4.68. The zero-order chi connectivity index (χ0) is 21.3. The van der Waals surface area contributed by atoms with Crippen molar-refractivity contribution in [3.8, 4) is 0 Å². The van der Waals surface area contributed by atoms with Crippen LogP contribution in [0.1, 0.15) is 61.7 Å². The average Bonchev–Trinajstić information content (AvgIpc) is 2.64. The Kier molecular flexibility index (Phi) is 5.75. The van der Waals surface area contributed by atoms with Crippen LogP contribution in [0.5, 0.6) is 0 Å². The van der Waals surface area contributed by atoms with Crippen LogP contribution >= 0.6 is 0 Å². The molecule has 0 heterocycles. The second kappa shape index (κ2) is 8.32. The van der Waals surface area contributed by atoms with Crippen LogP contribution in [0, 0.1) is 34.8 Å². The van der Waals surface area contributed by atoms with Crippen molar-refractivity contribution in [1.82, 2.24) is 16.2 Å². The highest BCUT2D eigenvalue weighted by Crippen LogP contribution is 2.61. The van der Waals surface area contributed by atoms with Gasteiger partial charge >= 0.3 is 0 Å². The van der Waals surface area contributed by atoms with Gasteiger partial charge in [-0.05, 0) is 73.8 Å². The third kappa shape index (κ3) is 4.63. The van der Waals surface area contributed by atoms with E-state index in [-0.39, 0.29) is 29.9 Å². The smallest absolute Gasteiger partial charge is 0.254 e. The molecule has 0 saturated heterocycles. The normalized spacial score (nSPS) is 28.8. The van der Waals surface area contributed by atoms with Crippen LogP contribution in [0.3, 0.4) is 0 Å². The lowest BCUT2D eigenvalue weighted by Crippen LogP contribution is -2.50. The molecular formula is C22H27F2N3O3. The number of benzene rings is 1. The van der Waals surface area contributed by atoms with Crippen molar-refractivity contribution in [1.29, 1.82) is 0 Å². The molecule has 30 heavy (non-hydrogen) atoms. The number of carbonyl (C=O) groups is 3. The molecule has 4 aliphatic carbocycles. The Morgan fingerprint density at radius 1 is 0.933 bits per heavy atom. The van der Waals surface area contributed by atoms with Crippen LogP contribution in [0.25, 0.3) is 0 Å². The summed E-state index contributed by atoms with van der Waals surface area (Å²) >= 11 is 0. The van der Waals surface area contributed by atoms with Crippen LogP contribution in [-0.2, 0) is 9.59 Å². The predicted molar refractivity (Wildman–Crippen MR) is 105 cm³/mol. The summed E-state index contributed by atoms with van der Waals surface area (Å²) in [4.78, 5) is 36.2. The summed E-state index contributed by atoms with van der Waals surface area (Å²) in [6.45, 7) is -0.0354. The molecule has 5 rings (SSSR count). The fourth-order valence-electron chi connectivity index (χ4n) is 6.15. The molecule has 4 fully saturated rings. The Morgan fingerprint density at radius 2 is 1.53 bits per heavy atom. The van der Waals surface area contributed by atoms with Gasteiger partial charge in [-0.1, -0.05) is 0 Å². The minimum Gasteiger partial charge on any atom is -0.351 e. The molecule has 4 aliphatic rings. The summed E-state index contributed by atoms with van der Waals surface area (Å²) in [5.74, 6) is -0.821. The minimum atomic E-state index is -0.964. The van der Waals surface area contributed by atoms with E-state index in [1.165, 1.54) is 19.3 Å². The zero-order valence-corrected chi connectivity index (χ0v) is 16.8. The largest absolute Gasteiger partial charge is 0.351 e. The van der Waals surface area contributed by atoms with Crippen LogP contribution < -0.4 is 16.2 Å². The van der Waals surface area contributed by atoms with Crippen molar-refractivity contribution in [2.45, 2.75) is 51.4 Å². The van der Waals surface area contributed by atoms with Crippen LogP contribution in [0.4, 0.5) is 8.78 Å². The first-order valence-corrected chi connectivity index (χ1v) is 10.6. The number of amides is 3. The van der Waals surface area contributed by atoms with Gasteiger partial charge in [0.15, 0.2) is 0 Å². The number of halogens is 2. The maximum atomic E-state index is 13.6. The molecule has 0 atom stereocenters. The van der Waals surface area contributed by atoms with Crippen molar-refractivity contribution >= 4 is 17.7 Å². The van der Waals surface area contributed by atoms with Crippen molar-refractivity contribution < 1.29 is 23.2 Å². The molecule has 162 valence electrons. The maximum absolute atomic E-state index is 13.6. The highest BCUT2D eigenvalue weighted by atomic mass is 19.1. The van der Waals surface area contributed by atoms with Gasteiger partial charge in [0, 0.05) is 25.5 Å². The molecule has 6 nitrogen and oxygen atoms in total. The van der Waals surface area contributed by atoms with Gasteiger partial charge in [0.2, 0.25) is 11.8 Å². The van der Waals surface area contributed by atoms with Gasteiger partial charge in [0.05, 0.1) is 5.56 Å². The van der Waals surface area contributed by atoms with Crippen molar-refractivity contribution in [3.63, 3.8) is 0 Å². The molecule has 4 saturated carbocycles. The second-order valence-corrected chi connectivity index (χ2v) is 9.32. The summed E-state index contributed by atoms with van der Waals surface area (Å²) < 4.78 is 26.5. The molecule has 1 aromatic rings. The van der Waals surface area contributed by atoms with Crippen molar-refractivity contribution in [2.75, 3.05) is 6.54 Å². The highest BCUT2D eigenvalue weighted by Gasteiger charge is 2.51. The van der Waals surface area contributed by atoms with E-state index in [2.05, 4.69) is 16.2 Å². The van der Waals surface area contributed by atoms with E-state index in [9.17, 15) is 23.2 Å². The molecule has 4 bridgehead atoms. The third-order valence-corrected chi connectivity index (χ3v) is 6.86. The highest BCUT2D eigenvalue weighted by molar-refractivity contribution is 5.94. The number of hydrogen-bond donors (Lipinski definition) is 3. The van der Waals surface area contributed by atoms with Gasteiger partial charge in [0.25, 0.3) is 5.91 Å². The Morgan fingerprint density at radius 3 is 2.13 bits per heavy atom. The Bertz CT molecular complexity index is 823. The molecule has 0 aromatic heterocycles. The first-order chi connectivity index (χ1) is 14.3. The van der Waals surface area contributed by atoms with Crippen LogP contribution in [0.2, 0.25) is 0 Å². The van der Waals surface area contributed by atoms with E-state index in [1.807, 2.05) is 0 Å². The topological polar surface area (TPSA) is 87.3 Å². The molecule has 0 unspecified atom stereocenters. The second-order valence-electron chi connectivity index (χ2n) is 9.32. The van der Waals surface area contributed by atoms with E-state index in [4.69, 9.17) is 0 Å².